The number of hydrogen-bond donors (Lipinski definition) is 3. The van der Waals surface area contributed by atoms with Crippen LogP contribution >= 0.6 is 0 Å². The predicted molar refractivity (Wildman–Crippen MR) is 96.8 cm³/mol. The second kappa shape index (κ2) is 7.40. The summed E-state index contributed by atoms with van der Waals surface area (Å²) in [5, 5.41) is 30.4. The fraction of sp³-hybridized carbons (Fsp3) is 0.300. The van der Waals surface area contributed by atoms with E-state index in [9.17, 15) is 24.9 Å². The molecular formula is C20H20O8. The van der Waals surface area contributed by atoms with Gasteiger partial charge in [-0.15, -0.1) is 0 Å². The van der Waals surface area contributed by atoms with Crippen molar-refractivity contribution in [2.45, 2.75) is 12.0 Å². The monoisotopic (exact) mass is 388 g/mol. The molecule has 3 N–H and O–H groups in total. The highest BCUT2D eigenvalue weighted by molar-refractivity contribution is 6.03. The van der Waals surface area contributed by atoms with Gasteiger partial charge in [0.2, 0.25) is 0 Å². The summed E-state index contributed by atoms with van der Waals surface area (Å²) >= 11 is 0. The lowest BCUT2D eigenvalue weighted by molar-refractivity contribution is -0.153. The number of ether oxygens (including phenoxy) is 3. The van der Waals surface area contributed by atoms with Gasteiger partial charge in [-0.2, -0.15) is 0 Å². The van der Waals surface area contributed by atoms with E-state index in [-0.39, 0.29) is 41.6 Å². The zero-order valence-electron chi connectivity index (χ0n) is 15.3. The number of carbonyl (C=O) groups is 2. The maximum absolute atomic E-state index is 13.0. The summed E-state index contributed by atoms with van der Waals surface area (Å²) in [5.74, 6) is -2.50. The Morgan fingerprint density at radius 3 is 2.36 bits per heavy atom. The van der Waals surface area contributed by atoms with Gasteiger partial charge in [0.1, 0.15) is 6.61 Å². The number of phenolic OH excluding ortho intramolecular Hbond substituents is 2. The molecule has 0 saturated carbocycles. The number of aromatic hydroxyl groups is 2. The number of carbonyl (C=O) groups excluding carboxylic acids is 2. The van der Waals surface area contributed by atoms with Crippen LogP contribution in [-0.4, -0.2) is 53.5 Å². The molecule has 8 heteroatoms. The number of ketones is 1. The number of Topliss-reactive ketones (excluding diaryl/α,β-unsaturated/α-hetero) is 1. The van der Waals surface area contributed by atoms with Crippen LogP contribution in [0.25, 0.3) is 0 Å². The SMILES string of the molecule is COc1cc(C[C@@]2(O)C(=O)OC[C@@H]2C(=O)c2ccc(O)c(OC)c2)ccc1O. The molecule has 2 aromatic carbocycles. The first-order valence-corrected chi connectivity index (χ1v) is 8.47. The highest BCUT2D eigenvalue weighted by Crippen LogP contribution is 2.36. The van der Waals surface area contributed by atoms with Gasteiger partial charge in [0.15, 0.2) is 34.4 Å². The lowest BCUT2D eigenvalue weighted by atomic mass is 9.80. The van der Waals surface area contributed by atoms with E-state index in [4.69, 9.17) is 14.2 Å². The molecule has 2 aromatic rings. The van der Waals surface area contributed by atoms with Crippen molar-refractivity contribution in [1.29, 1.82) is 0 Å². The Labute approximate surface area is 160 Å². The minimum Gasteiger partial charge on any atom is -0.504 e. The van der Waals surface area contributed by atoms with Crippen LogP contribution in [-0.2, 0) is 16.0 Å². The smallest absolute Gasteiger partial charge is 0.339 e. The van der Waals surface area contributed by atoms with E-state index < -0.39 is 23.3 Å². The zero-order valence-corrected chi connectivity index (χ0v) is 15.3. The number of benzene rings is 2. The summed E-state index contributed by atoms with van der Waals surface area (Å²) in [4.78, 5) is 25.2. The van der Waals surface area contributed by atoms with Crippen LogP contribution in [0.4, 0.5) is 0 Å². The molecular weight excluding hydrogens is 368 g/mol. The predicted octanol–water partition coefficient (Wildman–Crippen LogP) is 1.44. The molecule has 3 rings (SSSR count). The van der Waals surface area contributed by atoms with Crippen molar-refractivity contribution >= 4 is 11.8 Å². The Morgan fingerprint density at radius 1 is 1.11 bits per heavy atom. The Balaban J connectivity index is 1.92. The van der Waals surface area contributed by atoms with Crippen LogP contribution in [0, 0.1) is 5.92 Å². The normalized spacial score (nSPS) is 21.2. The molecule has 8 nitrogen and oxygen atoms in total. The van der Waals surface area contributed by atoms with E-state index >= 15 is 0 Å². The van der Waals surface area contributed by atoms with E-state index in [1.165, 1.54) is 50.6 Å². The number of rotatable bonds is 6. The maximum Gasteiger partial charge on any atom is 0.339 e. The summed E-state index contributed by atoms with van der Waals surface area (Å²) < 4.78 is 15.0. The number of esters is 1. The van der Waals surface area contributed by atoms with Crippen LogP contribution in [0.3, 0.4) is 0 Å². The molecule has 1 aliphatic heterocycles. The highest BCUT2D eigenvalue weighted by Gasteiger charge is 2.54. The molecule has 1 aliphatic rings. The van der Waals surface area contributed by atoms with E-state index in [1.54, 1.807) is 0 Å². The summed E-state index contributed by atoms with van der Waals surface area (Å²) in [6, 6.07) is 8.39. The van der Waals surface area contributed by atoms with Crippen molar-refractivity contribution in [3.8, 4) is 23.0 Å². The molecule has 1 fully saturated rings. The van der Waals surface area contributed by atoms with Gasteiger partial charge in [0.05, 0.1) is 20.1 Å². The molecule has 0 bridgehead atoms. The van der Waals surface area contributed by atoms with E-state index in [0.29, 0.717) is 5.56 Å². The van der Waals surface area contributed by atoms with Crippen LogP contribution in [0.1, 0.15) is 15.9 Å². The summed E-state index contributed by atoms with van der Waals surface area (Å²) in [5.41, 5.74) is -1.43. The number of aliphatic hydroxyl groups is 1. The van der Waals surface area contributed by atoms with Gasteiger partial charge in [-0.25, -0.2) is 4.79 Å². The fourth-order valence-electron chi connectivity index (χ4n) is 3.23. The molecule has 148 valence electrons. The third-order valence-electron chi connectivity index (χ3n) is 4.81. The first-order valence-electron chi connectivity index (χ1n) is 8.47. The van der Waals surface area contributed by atoms with Gasteiger partial charge in [0.25, 0.3) is 0 Å². The Kier molecular flexibility index (Phi) is 5.15. The Morgan fingerprint density at radius 2 is 1.71 bits per heavy atom. The molecule has 1 saturated heterocycles. The van der Waals surface area contributed by atoms with Gasteiger partial charge >= 0.3 is 5.97 Å². The standard InChI is InChI=1S/C20H20O8/c1-26-16-7-11(3-5-14(16)21)9-20(25)13(10-28-19(20)24)18(23)12-4-6-15(22)17(8-12)27-2/h3-8,13,21-22,25H,9-10H2,1-2H3/t13-,20+/m1/s1. The molecule has 2 atom stereocenters. The van der Waals surface area contributed by atoms with Crippen LogP contribution in [0.15, 0.2) is 36.4 Å². The molecule has 0 aromatic heterocycles. The first kappa shape index (κ1) is 19.5. The topological polar surface area (TPSA) is 123 Å². The van der Waals surface area contributed by atoms with Gasteiger partial charge in [-0.1, -0.05) is 6.07 Å². The number of cyclic esters (lactones) is 1. The summed E-state index contributed by atoms with van der Waals surface area (Å²) in [7, 11) is 2.72. The van der Waals surface area contributed by atoms with E-state index in [0.717, 1.165) is 0 Å². The van der Waals surface area contributed by atoms with Crippen molar-refractivity contribution in [1.82, 2.24) is 0 Å². The van der Waals surface area contributed by atoms with Crippen molar-refractivity contribution in [2.75, 3.05) is 20.8 Å². The zero-order chi connectivity index (χ0) is 20.5. The lowest BCUT2D eigenvalue weighted by Crippen LogP contribution is -2.46. The van der Waals surface area contributed by atoms with Gasteiger partial charge in [-0.05, 0) is 35.9 Å². The number of hydrogen-bond acceptors (Lipinski definition) is 8. The molecule has 0 spiro atoms. The minimum absolute atomic E-state index is 0.0870. The van der Waals surface area contributed by atoms with Gasteiger partial charge in [-0.3, -0.25) is 4.79 Å². The third kappa shape index (κ3) is 3.34. The van der Waals surface area contributed by atoms with Crippen molar-refractivity contribution in [3.63, 3.8) is 0 Å². The molecule has 28 heavy (non-hydrogen) atoms. The molecule has 0 amide bonds. The second-order valence-electron chi connectivity index (χ2n) is 6.51. The largest absolute Gasteiger partial charge is 0.504 e. The van der Waals surface area contributed by atoms with Crippen molar-refractivity contribution in [2.24, 2.45) is 5.92 Å². The second-order valence-corrected chi connectivity index (χ2v) is 6.51. The summed E-state index contributed by atoms with van der Waals surface area (Å²) in [6.07, 6.45) is -0.200. The average Bonchev–Trinajstić information content (AvgIpc) is 2.97. The molecule has 0 radical (unpaired) electrons. The van der Waals surface area contributed by atoms with Crippen molar-refractivity contribution < 1.29 is 39.1 Å². The van der Waals surface area contributed by atoms with Crippen LogP contribution in [0.2, 0.25) is 0 Å². The maximum atomic E-state index is 13.0. The molecule has 0 unspecified atom stereocenters. The van der Waals surface area contributed by atoms with Crippen LogP contribution < -0.4 is 9.47 Å². The average molecular weight is 388 g/mol. The third-order valence-corrected chi connectivity index (χ3v) is 4.81. The first-order chi connectivity index (χ1) is 13.3. The Hall–Kier alpha value is -3.26. The number of phenols is 2. The highest BCUT2D eigenvalue weighted by atomic mass is 16.6. The van der Waals surface area contributed by atoms with Crippen molar-refractivity contribution in [3.05, 3.63) is 47.5 Å². The van der Waals surface area contributed by atoms with Crippen LogP contribution in [0.5, 0.6) is 23.0 Å². The lowest BCUT2D eigenvalue weighted by Gasteiger charge is -2.25. The fourth-order valence-corrected chi connectivity index (χ4v) is 3.23. The summed E-state index contributed by atoms with van der Waals surface area (Å²) in [6.45, 7) is -0.271. The van der Waals surface area contributed by atoms with E-state index in [2.05, 4.69) is 0 Å². The number of methoxy groups -OCH3 is 2. The molecule has 1 heterocycles. The van der Waals surface area contributed by atoms with Gasteiger partial charge < -0.3 is 29.5 Å². The quantitative estimate of drug-likeness (QED) is 0.502. The Bertz CT molecular complexity index is 922. The molecule has 0 aliphatic carbocycles. The van der Waals surface area contributed by atoms with E-state index in [1.807, 2.05) is 0 Å². The van der Waals surface area contributed by atoms with Gasteiger partial charge in [0, 0.05) is 12.0 Å². The minimum atomic E-state index is -2.08.